The van der Waals surface area contributed by atoms with Crippen LogP contribution in [0, 0.1) is 11.8 Å². The molecule has 0 amide bonds. The topological polar surface area (TPSA) is 3.24 Å². The molecule has 2 unspecified atom stereocenters. The molecule has 0 spiro atoms. The van der Waals surface area contributed by atoms with Crippen molar-refractivity contribution in [2.45, 2.75) is 70.5 Å². The first-order valence-corrected chi connectivity index (χ1v) is 6.53. The van der Waals surface area contributed by atoms with E-state index >= 15 is 0 Å². The lowest BCUT2D eigenvalue weighted by atomic mass is 9.82. The average molecular weight is 193 g/mol. The van der Waals surface area contributed by atoms with Crippen LogP contribution in [0.25, 0.3) is 0 Å². The summed E-state index contributed by atoms with van der Waals surface area (Å²) in [5.41, 5.74) is 0. The van der Waals surface area contributed by atoms with Crippen molar-refractivity contribution >= 4 is 0 Å². The van der Waals surface area contributed by atoms with Crippen LogP contribution in [-0.2, 0) is 0 Å². The van der Waals surface area contributed by atoms with Gasteiger partial charge in [0.25, 0.3) is 0 Å². The SMILES string of the molecule is CC(C)C1CC2CCC(C1)N2C1CC1. The van der Waals surface area contributed by atoms with Crippen LogP contribution in [0.4, 0.5) is 0 Å². The Morgan fingerprint density at radius 2 is 1.36 bits per heavy atom. The maximum Gasteiger partial charge on any atom is 0.0104 e. The van der Waals surface area contributed by atoms with E-state index in [2.05, 4.69) is 18.7 Å². The molecule has 80 valence electrons. The lowest BCUT2D eigenvalue weighted by molar-refractivity contribution is 0.0782. The molecule has 2 heterocycles. The van der Waals surface area contributed by atoms with E-state index in [0.29, 0.717) is 0 Å². The second-order valence-electron chi connectivity index (χ2n) is 6.04. The maximum atomic E-state index is 2.90. The van der Waals surface area contributed by atoms with Gasteiger partial charge in [0, 0.05) is 18.1 Å². The molecule has 0 aromatic rings. The molecule has 14 heavy (non-hydrogen) atoms. The van der Waals surface area contributed by atoms with Crippen molar-refractivity contribution < 1.29 is 0 Å². The molecular formula is C13H23N. The minimum Gasteiger partial charge on any atom is -0.294 e. The van der Waals surface area contributed by atoms with Gasteiger partial charge in [-0.25, -0.2) is 0 Å². The molecule has 2 bridgehead atoms. The van der Waals surface area contributed by atoms with Crippen LogP contribution in [0.5, 0.6) is 0 Å². The summed E-state index contributed by atoms with van der Waals surface area (Å²) >= 11 is 0. The molecule has 2 atom stereocenters. The third-order valence-electron chi connectivity index (χ3n) is 4.74. The number of hydrogen-bond donors (Lipinski definition) is 0. The van der Waals surface area contributed by atoms with Gasteiger partial charge in [-0.3, -0.25) is 4.90 Å². The zero-order chi connectivity index (χ0) is 9.71. The fourth-order valence-corrected chi connectivity index (χ4v) is 3.77. The van der Waals surface area contributed by atoms with Gasteiger partial charge >= 0.3 is 0 Å². The summed E-state index contributed by atoms with van der Waals surface area (Å²) < 4.78 is 0. The molecule has 1 aliphatic carbocycles. The molecule has 0 N–H and O–H groups in total. The van der Waals surface area contributed by atoms with E-state index in [4.69, 9.17) is 0 Å². The van der Waals surface area contributed by atoms with Gasteiger partial charge in [0.05, 0.1) is 0 Å². The Labute approximate surface area is 87.9 Å². The Hall–Kier alpha value is -0.0400. The van der Waals surface area contributed by atoms with E-state index in [9.17, 15) is 0 Å². The zero-order valence-corrected chi connectivity index (χ0v) is 9.58. The molecule has 2 aliphatic heterocycles. The average Bonchev–Trinajstić information content (AvgIpc) is 2.94. The summed E-state index contributed by atoms with van der Waals surface area (Å²) in [5, 5.41) is 0. The lowest BCUT2D eigenvalue weighted by Crippen LogP contribution is -2.45. The summed E-state index contributed by atoms with van der Waals surface area (Å²) in [6, 6.07) is 2.97. The van der Waals surface area contributed by atoms with Crippen molar-refractivity contribution in [2.24, 2.45) is 11.8 Å². The third-order valence-corrected chi connectivity index (χ3v) is 4.74. The molecule has 0 aromatic carbocycles. The molecule has 0 radical (unpaired) electrons. The van der Waals surface area contributed by atoms with Crippen LogP contribution in [0.15, 0.2) is 0 Å². The second kappa shape index (κ2) is 3.23. The summed E-state index contributed by atoms with van der Waals surface area (Å²) in [6.07, 6.45) is 9.02. The monoisotopic (exact) mass is 193 g/mol. The minimum atomic E-state index is 0.916. The van der Waals surface area contributed by atoms with E-state index < -0.39 is 0 Å². The van der Waals surface area contributed by atoms with Crippen molar-refractivity contribution in [1.29, 1.82) is 0 Å². The summed E-state index contributed by atoms with van der Waals surface area (Å²) in [6.45, 7) is 4.83. The lowest BCUT2D eigenvalue weighted by Gasteiger charge is -2.40. The van der Waals surface area contributed by atoms with Crippen LogP contribution in [0.1, 0.15) is 52.4 Å². The highest BCUT2D eigenvalue weighted by Crippen LogP contribution is 2.46. The fraction of sp³-hybridized carbons (Fsp3) is 1.00. The molecule has 0 aromatic heterocycles. The standard InChI is InChI=1S/C13H23N/c1-9(2)10-7-12-5-6-13(8-10)14(12)11-3-4-11/h9-13H,3-8H2,1-2H3. The number of rotatable bonds is 2. The van der Waals surface area contributed by atoms with Crippen molar-refractivity contribution in [3.8, 4) is 0 Å². The highest BCUT2D eigenvalue weighted by molar-refractivity contribution is 5.02. The predicted octanol–water partition coefficient (Wildman–Crippen LogP) is 3.05. The van der Waals surface area contributed by atoms with Crippen molar-refractivity contribution in [1.82, 2.24) is 4.90 Å². The Bertz CT molecular complexity index is 205. The first kappa shape index (κ1) is 9.21. The smallest absolute Gasteiger partial charge is 0.0104 e. The summed E-state index contributed by atoms with van der Waals surface area (Å²) in [5.74, 6) is 1.95. The van der Waals surface area contributed by atoms with Crippen LogP contribution < -0.4 is 0 Å². The quantitative estimate of drug-likeness (QED) is 0.651. The number of nitrogens with zero attached hydrogens (tertiary/aromatic N) is 1. The van der Waals surface area contributed by atoms with Crippen LogP contribution in [0.3, 0.4) is 0 Å². The van der Waals surface area contributed by atoms with Crippen LogP contribution in [-0.4, -0.2) is 23.0 Å². The normalized spacial score (nSPS) is 43.5. The third kappa shape index (κ3) is 1.41. The molecule has 1 nitrogen and oxygen atoms in total. The Morgan fingerprint density at radius 1 is 0.857 bits per heavy atom. The molecule has 1 heteroatoms. The van der Waals surface area contributed by atoms with Crippen molar-refractivity contribution in [2.75, 3.05) is 0 Å². The summed E-state index contributed by atoms with van der Waals surface area (Å²) in [4.78, 5) is 2.90. The maximum absolute atomic E-state index is 2.90. The molecular weight excluding hydrogens is 170 g/mol. The first-order chi connectivity index (χ1) is 6.75. The first-order valence-electron chi connectivity index (χ1n) is 6.53. The molecule has 1 saturated carbocycles. The minimum absolute atomic E-state index is 0.916. The van der Waals surface area contributed by atoms with Gasteiger partial charge in [-0.05, 0) is 50.4 Å². The molecule has 2 saturated heterocycles. The van der Waals surface area contributed by atoms with Gasteiger partial charge in [0.2, 0.25) is 0 Å². The van der Waals surface area contributed by atoms with E-state index in [-0.39, 0.29) is 0 Å². The van der Waals surface area contributed by atoms with Crippen LogP contribution >= 0.6 is 0 Å². The van der Waals surface area contributed by atoms with Crippen LogP contribution in [0.2, 0.25) is 0 Å². The van der Waals surface area contributed by atoms with Gasteiger partial charge in [0.1, 0.15) is 0 Å². The number of hydrogen-bond acceptors (Lipinski definition) is 1. The molecule has 3 aliphatic rings. The van der Waals surface area contributed by atoms with Gasteiger partial charge in [0.15, 0.2) is 0 Å². The Balaban J connectivity index is 1.72. The molecule has 3 fully saturated rings. The number of piperidine rings is 1. The van der Waals surface area contributed by atoms with E-state index in [1.54, 1.807) is 0 Å². The van der Waals surface area contributed by atoms with Crippen molar-refractivity contribution in [3.63, 3.8) is 0 Å². The largest absolute Gasteiger partial charge is 0.294 e. The Morgan fingerprint density at radius 3 is 1.79 bits per heavy atom. The molecule has 3 rings (SSSR count). The predicted molar refractivity (Wildman–Crippen MR) is 59.2 cm³/mol. The highest BCUT2D eigenvalue weighted by atomic mass is 15.3. The van der Waals surface area contributed by atoms with Gasteiger partial charge < -0.3 is 0 Å². The van der Waals surface area contributed by atoms with E-state index in [1.165, 1.54) is 38.5 Å². The zero-order valence-electron chi connectivity index (χ0n) is 9.58. The van der Waals surface area contributed by atoms with E-state index in [0.717, 1.165) is 30.0 Å². The van der Waals surface area contributed by atoms with E-state index in [1.807, 2.05) is 0 Å². The fourth-order valence-electron chi connectivity index (χ4n) is 3.77. The van der Waals surface area contributed by atoms with Gasteiger partial charge in [-0.15, -0.1) is 0 Å². The highest BCUT2D eigenvalue weighted by Gasteiger charge is 2.47. The second-order valence-corrected chi connectivity index (χ2v) is 6.04. The van der Waals surface area contributed by atoms with Gasteiger partial charge in [-0.1, -0.05) is 13.8 Å². The summed E-state index contributed by atoms with van der Waals surface area (Å²) in [7, 11) is 0. The number of fused-ring (bicyclic) bond motifs is 2. The van der Waals surface area contributed by atoms with Crippen molar-refractivity contribution in [3.05, 3.63) is 0 Å². The Kier molecular flexibility index (Phi) is 2.12. The van der Waals surface area contributed by atoms with Gasteiger partial charge in [-0.2, -0.15) is 0 Å².